The Balaban J connectivity index is 0.000000119. The first-order valence-electron chi connectivity index (χ1n) is 51.8. The average Bonchev–Trinajstić information content (AvgIpc) is 1.61. The number of imidazole rings is 5. The van der Waals surface area contributed by atoms with Crippen molar-refractivity contribution >= 4 is 84.9 Å². The van der Waals surface area contributed by atoms with Gasteiger partial charge in [-0.2, -0.15) is 0 Å². The molecule has 0 radical (unpaired) electrons. The van der Waals surface area contributed by atoms with Crippen molar-refractivity contribution in [2.75, 3.05) is 98.6 Å². The van der Waals surface area contributed by atoms with Crippen LogP contribution in [0.4, 0.5) is 29.1 Å². The summed E-state index contributed by atoms with van der Waals surface area (Å²) in [5.41, 5.74) is 5.29. The Morgan fingerprint density at radius 3 is 0.722 bits per heavy atom. The van der Waals surface area contributed by atoms with Crippen LogP contribution in [-0.2, 0) is 32.7 Å². The molecule has 2 aliphatic heterocycles. The first-order chi connectivity index (χ1) is 70.1. The van der Waals surface area contributed by atoms with E-state index in [0.717, 1.165) is 205 Å². The summed E-state index contributed by atoms with van der Waals surface area (Å²) in [7, 11) is 0. The molecule has 42 nitrogen and oxygen atoms in total. The molecule has 10 N–H and O–H groups in total. The van der Waals surface area contributed by atoms with Crippen LogP contribution in [-0.4, -0.2) is 202 Å². The van der Waals surface area contributed by atoms with Gasteiger partial charge in [0.05, 0.1) is 0 Å². The average molecular weight is 1970 g/mol. The molecule has 5 saturated carbocycles. The quantitative estimate of drug-likeness (QED) is 0.0174. The topological polar surface area (TPSA) is 494 Å². The van der Waals surface area contributed by atoms with Gasteiger partial charge in [-0.3, -0.25) is 69.6 Å². The van der Waals surface area contributed by atoms with Crippen LogP contribution in [0.15, 0.2) is 140 Å². The highest BCUT2D eigenvalue weighted by Gasteiger charge is 2.36. The molecule has 0 spiro atoms. The zero-order chi connectivity index (χ0) is 101. The Bertz CT molecular complexity index is 7720. The minimum Gasteiger partial charge on any atom is -0.370 e. The normalized spacial score (nSPS) is 15.4. The molecule has 15 aromatic heterocycles. The Kier molecular flexibility index (Phi) is 30.8. The zero-order valence-electron chi connectivity index (χ0n) is 83.7. The van der Waals surface area contributed by atoms with Crippen molar-refractivity contribution in [3.8, 4) is 56.9 Å². The predicted molar refractivity (Wildman–Crippen MR) is 561 cm³/mol. The molecule has 15 aromatic rings. The molecule has 0 aromatic carbocycles. The molecule has 0 atom stereocenters. The smallest absolute Gasteiger partial charge is 0.333 e. The van der Waals surface area contributed by atoms with Gasteiger partial charge in [0.1, 0.15) is 85.8 Å². The second kappa shape index (κ2) is 44.5. The number of nitrogens with one attached hydrogen (secondary N) is 10. The van der Waals surface area contributed by atoms with E-state index in [0.29, 0.717) is 124 Å². The van der Waals surface area contributed by atoms with Gasteiger partial charge in [0.15, 0.2) is 28.2 Å². The van der Waals surface area contributed by atoms with E-state index in [-0.39, 0.29) is 86.5 Å². The molecular formula is C102H132N32O10. The molecule has 42 heteroatoms. The summed E-state index contributed by atoms with van der Waals surface area (Å²) in [5, 5.41) is 16.4. The van der Waals surface area contributed by atoms with Gasteiger partial charge in [0.2, 0.25) is 0 Å². The number of pyridine rings is 5. The van der Waals surface area contributed by atoms with E-state index in [4.69, 9.17) is 0 Å². The Morgan fingerprint density at radius 1 is 0.285 bits per heavy atom. The number of nitrogens with zero attached hydrogens (tertiary/aromatic N) is 22. The van der Waals surface area contributed by atoms with E-state index in [1.54, 1.807) is 53.8 Å². The number of fused-ring (bicyclic) bond motifs is 5. The maximum absolute atomic E-state index is 13.0. The summed E-state index contributed by atoms with van der Waals surface area (Å²) in [5.74, 6) is 7.31. The molecule has 144 heavy (non-hydrogen) atoms. The SMILES string of the molecule is CCCNc1ccc(-c2nc3c([nH]2)c(=O)n(C2CC2)c(=O)n3CCC)cn1.CCCn1c(=O)n(C2CC2)c(=O)c2[nH]c(-c3ccc(NCC(C)C)nc3)nc21.CCCn1c(=O)n(C2CC2)c(=O)c2[nH]c(-c3ccc(NCC)nc3)nc21.CCCn1c(=O)n(C2CC2)c(=O)c2[nH]c(-c3ccc(NCCN4CCCC4)nc3)nc21.CCCn1c(=O)n(C2CC2)c(=O)c2[nH]c(-c3ccc(NCCN4CCCCC4)nc3)nc21. The molecule has 7 fully saturated rings. The molecule has 2 saturated heterocycles. The number of anilines is 5. The number of piperidine rings is 1. The predicted octanol–water partition coefficient (Wildman–Crippen LogP) is 12.2. The minimum atomic E-state index is -0.282. The summed E-state index contributed by atoms with van der Waals surface area (Å²) < 4.78 is 15.0. The van der Waals surface area contributed by atoms with E-state index in [1.165, 1.54) is 81.1 Å². The fourth-order valence-corrected chi connectivity index (χ4v) is 18.6. The monoisotopic (exact) mass is 1970 g/mol. The van der Waals surface area contributed by atoms with Gasteiger partial charge in [-0.05, 0) is 228 Å². The summed E-state index contributed by atoms with van der Waals surface area (Å²) in [4.78, 5) is 195. The maximum Gasteiger partial charge on any atom is 0.333 e. The van der Waals surface area contributed by atoms with Gasteiger partial charge in [0.25, 0.3) is 27.8 Å². The van der Waals surface area contributed by atoms with Gasteiger partial charge < -0.3 is 61.3 Å². The lowest BCUT2D eigenvalue weighted by molar-refractivity contribution is 0.237. The third kappa shape index (κ3) is 22.0. The van der Waals surface area contributed by atoms with Crippen molar-refractivity contribution in [1.29, 1.82) is 0 Å². The van der Waals surface area contributed by atoms with E-state index in [9.17, 15) is 47.9 Å². The van der Waals surface area contributed by atoms with Gasteiger partial charge >= 0.3 is 28.4 Å². The Morgan fingerprint density at radius 2 is 0.514 bits per heavy atom. The van der Waals surface area contributed by atoms with Crippen LogP contribution in [0.2, 0.25) is 0 Å². The molecule has 22 rings (SSSR count). The van der Waals surface area contributed by atoms with E-state index >= 15 is 0 Å². The molecule has 0 bridgehead atoms. The van der Waals surface area contributed by atoms with Crippen LogP contribution in [0.25, 0.3) is 113 Å². The van der Waals surface area contributed by atoms with Crippen molar-refractivity contribution in [3.63, 3.8) is 0 Å². The number of hydrogen-bond acceptors (Lipinski definition) is 27. The molecule has 0 unspecified atom stereocenters. The second-order valence-corrected chi connectivity index (χ2v) is 38.8. The number of aromatic amines is 5. The molecule has 17 heterocycles. The molecule has 7 aliphatic rings. The lowest BCUT2D eigenvalue weighted by atomic mass is 10.1. The fourth-order valence-electron chi connectivity index (χ4n) is 18.6. The van der Waals surface area contributed by atoms with Crippen molar-refractivity contribution in [2.45, 2.75) is 260 Å². The standard InChI is InChI=1S/C23H31N7O2.C22H29N7O2.C20H26N6O2.C19H24N6O2.C18H22N6O2/c1-2-11-29-21-19(22(31)30(23(29)32)17-7-8-17)26-20(27-21)16-6-9-18(25-15-16)24-10-14-28-12-4-3-5-13-28;1-2-10-28-20-18(21(30)29(22(28)31)16-6-7-16)25-19(26-20)15-5-8-17(24-14-15)23-9-13-27-11-3-4-12-27;1-4-9-25-18-16(19(27)26(20(25)28)14-6-7-14)23-17(24-18)13-5-8-15(22-11-13)21-10-12(2)3;1-3-9-20-14-8-5-12(11-21-14)16-22-15-17(23-16)24(10-4-2)19(27)25(18(15)26)13-6-7-13;1-3-9-23-16-14(17(25)24(18(23)26)12-6-7-12)21-15(22-16)11-5-8-13(19-4-2)20-10-11/h6,9,15,17H,2-5,7-8,10-14H2,1H3,(H,24,25)(H,26,27);5,8,14,16H,2-4,6-7,9-13H2,1H3,(H,23,24)(H,25,26);5,8,11-12,14H,4,6-7,9-10H2,1-3H3,(H,21,22)(H,23,24);5,8,11,13H,3-4,6-7,9-10H2,1-2H3,(H,20,21)(H,22,23);5,8,10,12H,3-4,6-7,9H2,1-2H3,(H,19,20)(H,21,22). The number of rotatable bonds is 36. The van der Waals surface area contributed by atoms with Gasteiger partial charge in [-0.25, -0.2) is 73.8 Å². The first kappa shape index (κ1) is 99.6. The van der Waals surface area contributed by atoms with E-state index < -0.39 is 0 Å². The number of H-pyrrole nitrogens is 5. The van der Waals surface area contributed by atoms with Gasteiger partial charge in [-0.1, -0.05) is 61.8 Å². The van der Waals surface area contributed by atoms with Crippen LogP contribution in [0.1, 0.15) is 227 Å². The molecule has 5 aliphatic carbocycles. The molecular weight excluding hydrogens is 1830 g/mol. The van der Waals surface area contributed by atoms with Crippen molar-refractivity contribution in [2.24, 2.45) is 5.92 Å². The van der Waals surface area contributed by atoms with Crippen LogP contribution >= 0.6 is 0 Å². The second-order valence-electron chi connectivity index (χ2n) is 38.8. The fraction of sp³-hybridized carbons (Fsp3) is 0.510. The Hall–Kier alpha value is -14.6. The molecule has 760 valence electrons. The lowest BCUT2D eigenvalue weighted by Crippen LogP contribution is -2.39. The largest absolute Gasteiger partial charge is 0.370 e. The van der Waals surface area contributed by atoms with Crippen LogP contribution in [0.5, 0.6) is 0 Å². The highest BCUT2D eigenvalue weighted by molar-refractivity contribution is 5.80. The van der Waals surface area contributed by atoms with E-state index in [2.05, 4.69) is 132 Å². The lowest BCUT2D eigenvalue weighted by Gasteiger charge is -2.26. The maximum atomic E-state index is 13.0. The van der Waals surface area contributed by atoms with Crippen LogP contribution in [0, 0.1) is 5.92 Å². The summed E-state index contributed by atoms with van der Waals surface area (Å²) in [6.45, 7) is 32.1. The van der Waals surface area contributed by atoms with E-state index in [1.807, 2.05) is 102 Å². The number of aromatic nitrogens is 25. The van der Waals surface area contributed by atoms with Crippen molar-refractivity contribution in [3.05, 3.63) is 196 Å². The number of likely N-dealkylation sites (tertiary alicyclic amines) is 2. The summed E-state index contributed by atoms with van der Waals surface area (Å²) in [6, 6.07) is 19.2. The highest BCUT2D eigenvalue weighted by atomic mass is 16.2. The van der Waals surface area contributed by atoms with Gasteiger partial charge in [0, 0.05) is 168 Å². The van der Waals surface area contributed by atoms with Crippen molar-refractivity contribution in [1.82, 2.24) is 130 Å². The molecule has 0 amide bonds. The third-order valence-corrected chi connectivity index (χ3v) is 26.8. The minimum absolute atomic E-state index is 0.0196. The van der Waals surface area contributed by atoms with Gasteiger partial charge in [-0.15, -0.1) is 0 Å². The number of hydrogen-bond donors (Lipinski definition) is 10. The summed E-state index contributed by atoms with van der Waals surface area (Å²) in [6.07, 6.45) is 28.9. The highest BCUT2D eigenvalue weighted by Crippen LogP contribution is 2.38. The third-order valence-electron chi connectivity index (χ3n) is 26.8. The van der Waals surface area contributed by atoms with Crippen molar-refractivity contribution < 1.29 is 0 Å². The van der Waals surface area contributed by atoms with Crippen LogP contribution in [0.3, 0.4) is 0 Å². The van der Waals surface area contributed by atoms with Crippen LogP contribution < -0.4 is 82.8 Å². The zero-order valence-corrected chi connectivity index (χ0v) is 83.7. The summed E-state index contributed by atoms with van der Waals surface area (Å²) >= 11 is 0. The Labute approximate surface area is 828 Å². The first-order valence-corrected chi connectivity index (χ1v) is 51.8. The number of aryl methyl sites for hydroxylation is 5.